The van der Waals surface area contributed by atoms with Crippen molar-refractivity contribution >= 4 is 23.4 Å². The largest absolute Gasteiger partial charge is 0.360 e. The van der Waals surface area contributed by atoms with Crippen LogP contribution in [-0.4, -0.2) is 59.6 Å². The van der Waals surface area contributed by atoms with Gasteiger partial charge in [0.1, 0.15) is 5.76 Å². The van der Waals surface area contributed by atoms with Gasteiger partial charge in [-0.25, -0.2) is 4.79 Å². The number of anilines is 2. The number of urea groups is 1. The van der Waals surface area contributed by atoms with Crippen molar-refractivity contribution in [3.63, 3.8) is 0 Å². The first-order valence-corrected chi connectivity index (χ1v) is 8.58. The Kier molecular flexibility index (Phi) is 5.52. The molecule has 0 saturated carbocycles. The lowest BCUT2D eigenvalue weighted by molar-refractivity contribution is -0.117. The second kappa shape index (κ2) is 8.01. The minimum absolute atomic E-state index is 0.113. The molecule has 8 heteroatoms. The van der Waals surface area contributed by atoms with Crippen LogP contribution in [0.15, 0.2) is 34.9 Å². The Labute approximate surface area is 152 Å². The van der Waals surface area contributed by atoms with Crippen molar-refractivity contribution in [1.29, 1.82) is 0 Å². The molecule has 3 rings (SSSR count). The van der Waals surface area contributed by atoms with Gasteiger partial charge in [0.15, 0.2) is 5.82 Å². The minimum Gasteiger partial charge on any atom is -0.360 e. The molecule has 1 aromatic heterocycles. The van der Waals surface area contributed by atoms with Crippen LogP contribution in [0.1, 0.15) is 11.3 Å². The Morgan fingerprint density at radius 2 is 1.88 bits per heavy atom. The van der Waals surface area contributed by atoms with Crippen LogP contribution >= 0.6 is 0 Å². The van der Waals surface area contributed by atoms with Crippen LogP contribution in [0.4, 0.5) is 16.3 Å². The zero-order valence-electron chi connectivity index (χ0n) is 15.0. The third kappa shape index (κ3) is 4.82. The predicted molar refractivity (Wildman–Crippen MR) is 98.1 cm³/mol. The van der Waals surface area contributed by atoms with E-state index in [-0.39, 0.29) is 18.5 Å². The van der Waals surface area contributed by atoms with Crippen molar-refractivity contribution in [3.05, 3.63) is 41.7 Å². The number of carbonyl (C=O) groups excluding carboxylic acids is 2. The van der Waals surface area contributed by atoms with Crippen molar-refractivity contribution in [2.75, 3.05) is 43.4 Å². The highest BCUT2D eigenvalue weighted by molar-refractivity contribution is 5.91. The van der Waals surface area contributed by atoms with E-state index < -0.39 is 0 Å². The molecular formula is C18H23N5O3. The fraction of sp³-hybridized carbons (Fsp3) is 0.389. The molecule has 2 N–H and O–H groups in total. The molecule has 1 fully saturated rings. The van der Waals surface area contributed by atoms with Gasteiger partial charge in [-0.3, -0.25) is 9.69 Å². The van der Waals surface area contributed by atoms with E-state index in [1.807, 2.05) is 36.1 Å². The first-order valence-electron chi connectivity index (χ1n) is 8.58. The number of nitrogens with zero attached hydrogens (tertiary/aromatic N) is 3. The molecule has 138 valence electrons. The molecule has 1 aromatic carbocycles. The molecule has 26 heavy (non-hydrogen) atoms. The van der Waals surface area contributed by atoms with Crippen LogP contribution in [0.2, 0.25) is 0 Å². The zero-order valence-corrected chi connectivity index (χ0v) is 15.0. The number of piperazine rings is 1. The number of rotatable bonds is 4. The smallest absolute Gasteiger partial charge is 0.321 e. The molecule has 1 saturated heterocycles. The number of carbonyl (C=O) groups is 2. The summed E-state index contributed by atoms with van der Waals surface area (Å²) in [6.45, 7) is 6.46. The van der Waals surface area contributed by atoms with E-state index in [9.17, 15) is 9.59 Å². The van der Waals surface area contributed by atoms with Crippen LogP contribution in [-0.2, 0) is 4.79 Å². The SMILES string of the molecule is Cc1cccc(NC(=O)N2CCN(CC(=O)Nc3cc(C)on3)CC2)c1. The van der Waals surface area contributed by atoms with Crippen LogP contribution in [0.5, 0.6) is 0 Å². The number of hydrogen-bond donors (Lipinski definition) is 2. The average Bonchev–Trinajstić information content (AvgIpc) is 3.00. The fourth-order valence-electron chi connectivity index (χ4n) is 2.85. The van der Waals surface area contributed by atoms with Gasteiger partial charge in [-0.15, -0.1) is 0 Å². The van der Waals surface area contributed by atoms with Crippen LogP contribution in [0.25, 0.3) is 0 Å². The molecule has 2 aromatic rings. The number of hydrogen-bond acceptors (Lipinski definition) is 5. The molecule has 2 heterocycles. The van der Waals surface area contributed by atoms with Gasteiger partial charge in [-0.2, -0.15) is 0 Å². The molecule has 0 spiro atoms. The van der Waals surface area contributed by atoms with Crippen LogP contribution in [0.3, 0.4) is 0 Å². The topological polar surface area (TPSA) is 90.7 Å². The van der Waals surface area contributed by atoms with Crippen molar-refractivity contribution in [3.8, 4) is 0 Å². The van der Waals surface area contributed by atoms with Gasteiger partial charge in [0.25, 0.3) is 0 Å². The highest BCUT2D eigenvalue weighted by Gasteiger charge is 2.22. The average molecular weight is 357 g/mol. The first kappa shape index (κ1) is 17.9. The summed E-state index contributed by atoms with van der Waals surface area (Å²) in [5.41, 5.74) is 1.89. The molecule has 0 bridgehead atoms. The van der Waals surface area contributed by atoms with Gasteiger partial charge < -0.3 is 20.1 Å². The number of amides is 3. The number of aromatic nitrogens is 1. The van der Waals surface area contributed by atoms with E-state index >= 15 is 0 Å². The van der Waals surface area contributed by atoms with E-state index in [0.717, 1.165) is 11.3 Å². The number of aryl methyl sites for hydroxylation is 2. The van der Waals surface area contributed by atoms with Gasteiger partial charge in [-0.05, 0) is 31.5 Å². The standard InChI is InChI=1S/C18H23N5O3/c1-13-4-3-5-15(10-13)19-18(25)23-8-6-22(7-9-23)12-17(24)20-16-11-14(2)26-21-16/h3-5,10-11H,6-9,12H2,1-2H3,(H,19,25)(H,20,21,24). The summed E-state index contributed by atoms with van der Waals surface area (Å²) in [5, 5.41) is 9.36. The van der Waals surface area contributed by atoms with Gasteiger partial charge in [0, 0.05) is 37.9 Å². The monoisotopic (exact) mass is 357 g/mol. The van der Waals surface area contributed by atoms with Crippen molar-refractivity contribution in [2.45, 2.75) is 13.8 Å². The van der Waals surface area contributed by atoms with E-state index in [4.69, 9.17) is 4.52 Å². The molecule has 0 aliphatic carbocycles. The van der Waals surface area contributed by atoms with Crippen molar-refractivity contribution < 1.29 is 14.1 Å². The molecule has 8 nitrogen and oxygen atoms in total. The Morgan fingerprint density at radius 1 is 1.12 bits per heavy atom. The number of benzene rings is 1. The maximum Gasteiger partial charge on any atom is 0.321 e. The third-order valence-corrected chi connectivity index (χ3v) is 4.19. The van der Waals surface area contributed by atoms with Gasteiger partial charge in [-0.1, -0.05) is 17.3 Å². The molecule has 0 unspecified atom stereocenters. The maximum atomic E-state index is 12.3. The molecule has 0 atom stereocenters. The molecule has 1 aliphatic rings. The summed E-state index contributed by atoms with van der Waals surface area (Å²) in [6, 6.07) is 9.27. The second-order valence-electron chi connectivity index (χ2n) is 6.43. The van der Waals surface area contributed by atoms with Crippen molar-refractivity contribution in [2.24, 2.45) is 0 Å². The van der Waals surface area contributed by atoms with Crippen molar-refractivity contribution in [1.82, 2.24) is 15.0 Å². The van der Waals surface area contributed by atoms with Crippen LogP contribution in [0, 0.1) is 13.8 Å². The lowest BCUT2D eigenvalue weighted by atomic mass is 10.2. The summed E-state index contributed by atoms with van der Waals surface area (Å²) < 4.78 is 4.92. The van der Waals surface area contributed by atoms with Gasteiger partial charge >= 0.3 is 6.03 Å². The van der Waals surface area contributed by atoms with Crippen LogP contribution < -0.4 is 10.6 Å². The Hall–Kier alpha value is -2.87. The third-order valence-electron chi connectivity index (χ3n) is 4.19. The highest BCUT2D eigenvalue weighted by atomic mass is 16.5. The second-order valence-corrected chi connectivity index (χ2v) is 6.43. The Bertz CT molecular complexity index is 781. The molecule has 0 radical (unpaired) electrons. The lowest BCUT2D eigenvalue weighted by Gasteiger charge is -2.34. The first-order chi connectivity index (χ1) is 12.5. The quantitative estimate of drug-likeness (QED) is 0.874. The normalized spacial score (nSPS) is 14.9. The predicted octanol–water partition coefficient (Wildman–Crippen LogP) is 2.08. The van der Waals surface area contributed by atoms with E-state index in [1.54, 1.807) is 17.9 Å². The number of nitrogens with one attached hydrogen (secondary N) is 2. The van der Waals surface area contributed by atoms with Gasteiger partial charge in [0.05, 0.1) is 6.54 Å². The summed E-state index contributed by atoms with van der Waals surface area (Å²) in [7, 11) is 0. The summed E-state index contributed by atoms with van der Waals surface area (Å²) in [4.78, 5) is 28.2. The Morgan fingerprint density at radius 3 is 2.54 bits per heavy atom. The maximum absolute atomic E-state index is 12.3. The zero-order chi connectivity index (χ0) is 18.5. The van der Waals surface area contributed by atoms with E-state index in [2.05, 4.69) is 15.8 Å². The summed E-state index contributed by atoms with van der Waals surface area (Å²) in [5.74, 6) is 0.924. The Balaban J connectivity index is 1.43. The highest BCUT2D eigenvalue weighted by Crippen LogP contribution is 2.12. The molecule has 1 aliphatic heterocycles. The van der Waals surface area contributed by atoms with E-state index in [0.29, 0.717) is 37.8 Å². The fourth-order valence-corrected chi connectivity index (χ4v) is 2.85. The molecular weight excluding hydrogens is 334 g/mol. The summed E-state index contributed by atoms with van der Waals surface area (Å²) >= 11 is 0. The minimum atomic E-state index is -0.143. The van der Waals surface area contributed by atoms with E-state index in [1.165, 1.54) is 0 Å². The van der Waals surface area contributed by atoms with Gasteiger partial charge in [0.2, 0.25) is 5.91 Å². The summed E-state index contributed by atoms with van der Waals surface area (Å²) in [6.07, 6.45) is 0. The lowest BCUT2D eigenvalue weighted by Crippen LogP contribution is -2.51. The molecule has 3 amide bonds.